The maximum atomic E-state index is 12.1. The third-order valence-corrected chi connectivity index (χ3v) is 3.80. The molecule has 2 heterocycles. The Balaban J connectivity index is 1.43. The number of aromatic amines is 1. The van der Waals surface area contributed by atoms with E-state index < -0.39 is 0 Å². The van der Waals surface area contributed by atoms with Gasteiger partial charge in [-0.2, -0.15) is 5.10 Å². The van der Waals surface area contributed by atoms with Gasteiger partial charge in [0.2, 0.25) is 5.91 Å². The second-order valence-corrected chi connectivity index (χ2v) is 5.42. The number of carbonyl (C=O) groups excluding carboxylic acids is 1. The van der Waals surface area contributed by atoms with Crippen LogP contribution in [0.5, 0.6) is 0 Å². The first kappa shape index (κ1) is 13.6. The Kier molecular flexibility index (Phi) is 3.31. The van der Waals surface area contributed by atoms with Crippen LogP contribution in [-0.2, 0) is 11.2 Å². The first-order valence-corrected chi connectivity index (χ1v) is 7.50. The van der Waals surface area contributed by atoms with Crippen LogP contribution in [0.15, 0.2) is 59.0 Å². The summed E-state index contributed by atoms with van der Waals surface area (Å²) in [6, 6.07) is 17.5. The number of para-hydroxylation sites is 2. The number of carbonyl (C=O) groups is 1. The molecule has 0 atom stereocenters. The van der Waals surface area contributed by atoms with Crippen molar-refractivity contribution in [1.82, 2.24) is 10.2 Å². The molecule has 0 aliphatic heterocycles. The SMILES string of the molecule is O=C(CCc1cc2ccccc2o1)Nc1n[nH]c2ccccc12. The number of hydrogen-bond donors (Lipinski definition) is 2. The molecule has 114 valence electrons. The highest BCUT2D eigenvalue weighted by atomic mass is 16.3. The summed E-state index contributed by atoms with van der Waals surface area (Å²) in [5.41, 5.74) is 1.75. The molecular formula is C18H15N3O2. The molecule has 0 radical (unpaired) electrons. The summed E-state index contributed by atoms with van der Waals surface area (Å²) in [7, 11) is 0. The van der Waals surface area contributed by atoms with Crippen LogP contribution in [0.2, 0.25) is 0 Å². The van der Waals surface area contributed by atoms with E-state index in [2.05, 4.69) is 15.5 Å². The van der Waals surface area contributed by atoms with Crippen molar-refractivity contribution in [2.45, 2.75) is 12.8 Å². The van der Waals surface area contributed by atoms with Gasteiger partial charge < -0.3 is 9.73 Å². The predicted octanol–water partition coefficient (Wildman–Crippen LogP) is 3.88. The van der Waals surface area contributed by atoms with E-state index in [1.807, 2.05) is 54.6 Å². The summed E-state index contributed by atoms with van der Waals surface area (Å²) in [5.74, 6) is 1.30. The van der Waals surface area contributed by atoms with Crippen molar-refractivity contribution >= 4 is 33.6 Å². The first-order valence-electron chi connectivity index (χ1n) is 7.50. The smallest absolute Gasteiger partial charge is 0.226 e. The van der Waals surface area contributed by atoms with Gasteiger partial charge >= 0.3 is 0 Å². The number of nitrogens with zero attached hydrogens (tertiary/aromatic N) is 1. The number of hydrogen-bond acceptors (Lipinski definition) is 3. The van der Waals surface area contributed by atoms with Gasteiger partial charge in [0.1, 0.15) is 11.3 Å². The molecule has 0 aliphatic rings. The molecule has 2 aromatic heterocycles. The number of aryl methyl sites for hydroxylation is 1. The summed E-state index contributed by atoms with van der Waals surface area (Å²) >= 11 is 0. The number of benzene rings is 2. The summed E-state index contributed by atoms with van der Waals surface area (Å²) < 4.78 is 5.72. The van der Waals surface area contributed by atoms with E-state index in [1.165, 1.54) is 0 Å². The van der Waals surface area contributed by atoms with Crippen molar-refractivity contribution in [3.63, 3.8) is 0 Å². The molecule has 0 fully saturated rings. The lowest BCUT2D eigenvalue weighted by atomic mass is 10.2. The highest BCUT2D eigenvalue weighted by Gasteiger charge is 2.10. The fourth-order valence-corrected chi connectivity index (χ4v) is 2.65. The Labute approximate surface area is 132 Å². The summed E-state index contributed by atoms with van der Waals surface area (Å²) in [6.07, 6.45) is 0.907. The van der Waals surface area contributed by atoms with Crippen LogP contribution in [0.3, 0.4) is 0 Å². The van der Waals surface area contributed by atoms with E-state index in [9.17, 15) is 4.79 Å². The first-order chi connectivity index (χ1) is 11.3. The standard InChI is InChI=1S/C18H15N3O2/c22-17(19-18-14-6-2-3-7-15(14)20-21-18)10-9-13-11-12-5-1-4-8-16(12)23-13/h1-8,11H,9-10H2,(H2,19,20,21,22). The second kappa shape index (κ2) is 5.61. The molecule has 5 heteroatoms. The number of nitrogens with one attached hydrogen (secondary N) is 2. The van der Waals surface area contributed by atoms with E-state index in [1.54, 1.807) is 0 Å². The molecule has 1 amide bonds. The molecule has 23 heavy (non-hydrogen) atoms. The van der Waals surface area contributed by atoms with Crippen molar-refractivity contribution in [1.29, 1.82) is 0 Å². The van der Waals surface area contributed by atoms with Crippen molar-refractivity contribution in [3.8, 4) is 0 Å². The number of anilines is 1. The van der Waals surface area contributed by atoms with Gasteiger partial charge in [-0.25, -0.2) is 0 Å². The maximum Gasteiger partial charge on any atom is 0.226 e. The Morgan fingerprint density at radius 1 is 1.13 bits per heavy atom. The number of amides is 1. The largest absolute Gasteiger partial charge is 0.461 e. The summed E-state index contributed by atoms with van der Waals surface area (Å²) in [5, 5.41) is 11.9. The molecule has 4 rings (SSSR count). The van der Waals surface area contributed by atoms with Gasteiger partial charge in [-0.1, -0.05) is 30.3 Å². The minimum Gasteiger partial charge on any atom is -0.461 e. The fraction of sp³-hybridized carbons (Fsp3) is 0.111. The molecular weight excluding hydrogens is 290 g/mol. The van der Waals surface area contributed by atoms with E-state index in [0.29, 0.717) is 18.7 Å². The lowest BCUT2D eigenvalue weighted by Gasteiger charge is -2.01. The molecule has 0 saturated heterocycles. The van der Waals surface area contributed by atoms with Crippen molar-refractivity contribution in [2.24, 2.45) is 0 Å². The molecule has 0 unspecified atom stereocenters. The third kappa shape index (κ3) is 2.68. The molecule has 2 N–H and O–H groups in total. The van der Waals surface area contributed by atoms with Gasteiger partial charge in [-0.3, -0.25) is 9.89 Å². The zero-order valence-electron chi connectivity index (χ0n) is 12.4. The van der Waals surface area contributed by atoms with Crippen molar-refractivity contribution in [3.05, 3.63) is 60.4 Å². The Bertz CT molecular complexity index is 951. The maximum absolute atomic E-state index is 12.1. The Morgan fingerprint density at radius 3 is 2.87 bits per heavy atom. The van der Waals surface area contributed by atoms with Gasteiger partial charge in [0.05, 0.1) is 5.52 Å². The van der Waals surface area contributed by atoms with E-state index in [-0.39, 0.29) is 5.91 Å². The van der Waals surface area contributed by atoms with Gasteiger partial charge in [0, 0.05) is 23.6 Å². The highest BCUT2D eigenvalue weighted by molar-refractivity contribution is 5.99. The van der Waals surface area contributed by atoms with Crippen LogP contribution < -0.4 is 5.32 Å². The van der Waals surface area contributed by atoms with Crippen molar-refractivity contribution in [2.75, 3.05) is 5.32 Å². The topological polar surface area (TPSA) is 70.9 Å². The minimum absolute atomic E-state index is 0.0808. The molecule has 0 bridgehead atoms. The van der Waals surface area contributed by atoms with Gasteiger partial charge in [-0.15, -0.1) is 0 Å². The van der Waals surface area contributed by atoms with E-state index in [4.69, 9.17) is 4.42 Å². The number of H-pyrrole nitrogens is 1. The summed E-state index contributed by atoms with van der Waals surface area (Å²) in [6.45, 7) is 0. The minimum atomic E-state index is -0.0808. The van der Waals surface area contributed by atoms with Gasteiger partial charge in [-0.05, 0) is 24.3 Å². The highest BCUT2D eigenvalue weighted by Crippen LogP contribution is 2.21. The molecule has 0 spiro atoms. The van der Waals surface area contributed by atoms with Crippen LogP contribution in [0, 0.1) is 0 Å². The van der Waals surface area contributed by atoms with Crippen LogP contribution in [-0.4, -0.2) is 16.1 Å². The van der Waals surface area contributed by atoms with Crippen LogP contribution in [0.1, 0.15) is 12.2 Å². The zero-order valence-corrected chi connectivity index (χ0v) is 12.4. The lowest BCUT2D eigenvalue weighted by molar-refractivity contribution is -0.116. The van der Waals surface area contributed by atoms with Crippen LogP contribution >= 0.6 is 0 Å². The van der Waals surface area contributed by atoms with Crippen molar-refractivity contribution < 1.29 is 9.21 Å². The molecule has 4 aromatic rings. The normalized spacial score (nSPS) is 11.1. The summed E-state index contributed by atoms with van der Waals surface area (Å²) in [4.78, 5) is 12.1. The number of furan rings is 1. The Morgan fingerprint density at radius 2 is 1.96 bits per heavy atom. The second-order valence-electron chi connectivity index (χ2n) is 5.42. The Hall–Kier alpha value is -3.08. The third-order valence-electron chi connectivity index (χ3n) is 3.80. The van der Waals surface area contributed by atoms with Crippen LogP contribution in [0.25, 0.3) is 21.9 Å². The zero-order chi connectivity index (χ0) is 15.6. The molecule has 2 aromatic carbocycles. The van der Waals surface area contributed by atoms with Gasteiger partial charge in [0.25, 0.3) is 0 Å². The average Bonchev–Trinajstić information content (AvgIpc) is 3.17. The average molecular weight is 305 g/mol. The molecule has 5 nitrogen and oxygen atoms in total. The quantitative estimate of drug-likeness (QED) is 0.601. The van der Waals surface area contributed by atoms with Gasteiger partial charge in [0.15, 0.2) is 5.82 Å². The predicted molar refractivity (Wildman–Crippen MR) is 89.3 cm³/mol. The number of rotatable bonds is 4. The number of aromatic nitrogens is 2. The number of fused-ring (bicyclic) bond motifs is 2. The molecule has 0 saturated carbocycles. The van der Waals surface area contributed by atoms with E-state index >= 15 is 0 Å². The fourth-order valence-electron chi connectivity index (χ4n) is 2.65. The van der Waals surface area contributed by atoms with Crippen LogP contribution in [0.4, 0.5) is 5.82 Å². The monoisotopic (exact) mass is 305 g/mol. The van der Waals surface area contributed by atoms with E-state index in [0.717, 1.165) is 27.6 Å². The molecule has 0 aliphatic carbocycles. The lowest BCUT2D eigenvalue weighted by Crippen LogP contribution is -2.12.